The van der Waals surface area contributed by atoms with Crippen LogP contribution < -0.4 is 0 Å². The Kier molecular flexibility index (Phi) is 8.62. The number of benzene rings is 4. The van der Waals surface area contributed by atoms with Gasteiger partial charge < -0.3 is 9.64 Å². The first kappa shape index (κ1) is 27.6. The van der Waals surface area contributed by atoms with Gasteiger partial charge in [-0.1, -0.05) is 134 Å². The quantitative estimate of drug-likeness (QED) is 0.138. The smallest absolute Gasteiger partial charge is 0.229 e. The maximum atomic E-state index is 13.8. The van der Waals surface area contributed by atoms with E-state index in [0.717, 1.165) is 36.0 Å². The number of hydrogen-bond donors (Lipinski definition) is 0. The lowest BCUT2D eigenvalue weighted by molar-refractivity contribution is -0.137. The molecule has 1 fully saturated rings. The predicted molar refractivity (Wildman–Crippen MR) is 163 cm³/mol. The monoisotopic (exact) mass is 529 g/mol. The summed E-state index contributed by atoms with van der Waals surface area (Å²) in [6, 6.07) is 41.8. The van der Waals surface area contributed by atoms with Crippen molar-refractivity contribution >= 4 is 5.91 Å². The van der Waals surface area contributed by atoms with Crippen LogP contribution in [0.4, 0.5) is 0 Å². The highest BCUT2D eigenvalue weighted by Gasteiger charge is 2.48. The van der Waals surface area contributed by atoms with E-state index in [1.54, 1.807) is 0 Å². The number of rotatable bonds is 12. The zero-order valence-electron chi connectivity index (χ0n) is 23.4. The molecule has 4 aromatic carbocycles. The lowest BCUT2D eigenvalue weighted by Crippen LogP contribution is -2.42. The van der Waals surface area contributed by atoms with Crippen LogP contribution in [0.5, 0.6) is 0 Å². The van der Waals surface area contributed by atoms with Crippen molar-refractivity contribution in [1.29, 1.82) is 0 Å². The number of nitrogens with zero attached hydrogens (tertiary/aromatic N) is 1. The van der Waals surface area contributed by atoms with Gasteiger partial charge in [0.2, 0.25) is 5.91 Å². The third-order valence-corrected chi connectivity index (χ3v) is 8.24. The molecule has 5 rings (SSSR count). The number of carbonyl (C=O) groups excluding carboxylic acids is 1. The molecule has 0 bridgehead atoms. The van der Waals surface area contributed by atoms with Crippen molar-refractivity contribution in [1.82, 2.24) is 4.90 Å². The second kappa shape index (κ2) is 12.5. The van der Waals surface area contributed by atoms with Crippen LogP contribution in [0.3, 0.4) is 0 Å². The highest BCUT2D eigenvalue weighted by molar-refractivity contribution is 5.85. The normalized spacial score (nSPS) is 19.1. The van der Waals surface area contributed by atoms with E-state index in [4.69, 9.17) is 4.74 Å². The SMILES string of the molecule is C=CC[C@]1(C)C[C@@H](COC(c2ccccc2)(c2ccccc2)c2ccccc2)N(CCCc2ccccc2)C1=O. The standard InChI is InChI=1S/C37H39NO2/c1-3-26-36(2)28-34(38(35(36)39)27-16-19-30-17-8-4-9-18-30)29-40-37(31-20-10-5-11-21-31,32-22-12-6-13-23-32)33-24-14-7-15-25-33/h3-15,17-18,20-25,34H,1,16,19,26-29H2,2H3/t34-,36+/m0/s1. The molecule has 2 atom stereocenters. The largest absolute Gasteiger partial charge is 0.359 e. The van der Waals surface area contributed by atoms with Crippen molar-refractivity contribution in [2.75, 3.05) is 13.2 Å². The van der Waals surface area contributed by atoms with Gasteiger partial charge in [0.25, 0.3) is 0 Å². The minimum atomic E-state index is -0.806. The summed E-state index contributed by atoms with van der Waals surface area (Å²) < 4.78 is 7.17. The summed E-state index contributed by atoms with van der Waals surface area (Å²) in [4.78, 5) is 15.9. The molecular weight excluding hydrogens is 490 g/mol. The molecule has 0 spiro atoms. The van der Waals surface area contributed by atoms with Crippen molar-refractivity contribution < 1.29 is 9.53 Å². The highest BCUT2D eigenvalue weighted by Crippen LogP contribution is 2.44. The fourth-order valence-corrected chi connectivity index (χ4v) is 6.24. The van der Waals surface area contributed by atoms with Gasteiger partial charge in [-0.25, -0.2) is 0 Å². The Hall–Kier alpha value is -3.95. The summed E-state index contributed by atoms with van der Waals surface area (Å²) in [7, 11) is 0. The fourth-order valence-electron chi connectivity index (χ4n) is 6.24. The van der Waals surface area contributed by atoms with Crippen LogP contribution in [0.1, 0.15) is 48.4 Å². The Morgan fingerprint density at radius 2 is 1.30 bits per heavy atom. The molecule has 0 radical (unpaired) electrons. The van der Waals surface area contributed by atoms with E-state index >= 15 is 0 Å². The Bertz CT molecular complexity index is 1270. The van der Waals surface area contributed by atoms with Gasteiger partial charge in [0.05, 0.1) is 18.1 Å². The molecule has 1 heterocycles. The summed E-state index contributed by atoms with van der Waals surface area (Å²) >= 11 is 0. The summed E-state index contributed by atoms with van der Waals surface area (Å²) in [5, 5.41) is 0. The zero-order chi connectivity index (χ0) is 27.8. The lowest BCUT2D eigenvalue weighted by atomic mass is 9.80. The number of carbonyl (C=O) groups is 1. The van der Waals surface area contributed by atoms with E-state index < -0.39 is 11.0 Å². The van der Waals surface area contributed by atoms with Crippen molar-refractivity contribution in [2.45, 2.75) is 44.2 Å². The van der Waals surface area contributed by atoms with Crippen LogP contribution in [0.15, 0.2) is 134 Å². The molecule has 0 aromatic heterocycles. The van der Waals surface area contributed by atoms with E-state index in [-0.39, 0.29) is 11.9 Å². The molecule has 1 amide bonds. The Morgan fingerprint density at radius 1 is 0.825 bits per heavy atom. The topological polar surface area (TPSA) is 29.5 Å². The fraction of sp³-hybridized carbons (Fsp3) is 0.270. The zero-order valence-corrected chi connectivity index (χ0v) is 23.4. The first-order valence-electron chi connectivity index (χ1n) is 14.3. The molecule has 0 aliphatic carbocycles. The van der Waals surface area contributed by atoms with Gasteiger partial charge in [-0.05, 0) is 47.9 Å². The van der Waals surface area contributed by atoms with Crippen LogP contribution in [-0.2, 0) is 21.6 Å². The molecule has 40 heavy (non-hydrogen) atoms. The van der Waals surface area contributed by atoms with Crippen molar-refractivity contribution in [2.24, 2.45) is 5.41 Å². The third-order valence-electron chi connectivity index (χ3n) is 8.24. The first-order valence-corrected chi connectivity index (χ1v) is 14.3. The number of likely N-dealkylation sites (tertiary alicyclic amines) is 1. The number of amides is 1. The minimum absolute atomic E-state index is 0.0243. The van der Waals surface area contributed by atoms with Crippen LogP contribution in [0.25, 0.3) is 0 Å². The molecule has 0 unspecified atom stereocenters. The van der Waals surface area contributed by atoms with Crippen LogP contribution >= 0.6 is 0 Å². The average molecular weight is 530 g/mol. The first-order chi connectivity index (χ1) is 19.6. The van der Waals surface area contributed by atoms with E-state index in [1.807, 2.05) is 30.3 Å². The van der Waals surface area contributed by atoms with E-state index in [0.29, 0.717) is 19.6 Å². The molecule has 4 aromatic rings. The molecule has 1 saturated heterocycles. The van der Waals surface area contributed by atoms with Crippen molar-refractivity contribution in [3.05, 3.63) is 156 Å². The van der Waals surface area contributed by atoms with Crippen molar-refractivity contribution in [3.8, 4) is 0 Å². The third kappa shape index (κ3) is 5.66. The number of ether oxygens (including phenoxy) is 1. The Labute approximate surface area is 239 Å². The van der Waals surface area contributed by atoms with E-state index in [9.17, 15) is 4.79 Å². The summed E-state index contributed by atoms with van der Waals surface area (Å²) in [6.07, 6.45) is 5.15. The minimum Gasteiger partial charge on any atom is -0.359 e. The van der Waals surface area contributed by atoms with Gasteiger partial charge in [-0.2, -0.15) is 0 Å². The molecular formula is C37H39NO2. The number of allylic oxidation sites excluding steroid dienone is 1. The molecule has 3 heteroatoms. The second-order valence-electron chi connectivity index (χ2n) is 11.1. The van der Waals surface area contributed by atoms with Gasteiger partial charge >= 0.3 is 0 Å². The molecule has 1 aliphatic heterocycles. The van der Waals surface area contributed by atoms with Crippen molar-refractivity contribution in [3.63, 3.8) is 0 Å². The van der Waals surface area contributed by atoms with E-state index in [2.05, 4.69) is 115 Å². The summed E-state index contributed by atoms with van der Waals surface area (Å²) in [6.45, 7) is 7.19. The van der Waals surface area contributed by atoms with Gasteiger partial charge in [-0.15, -0.1) is 6.58 Å². The molecule has 0 N–H and O–H groups in total. The van der Waals surface area contributed by atoms with Gasteiger partial charge in [0, 0.05) is 6.54 Å². The Morgan fingerprint density at radius 3 is 1.77 bits per heavy atom. The maximum absolute atomic E-state index is 13.8. The van der Waals surface area contributed by atoms with Crippen LogP contribution in [0, 0.1) is 5.41 Å². The Balaban J connectivity index is 1.48. The van der Waals surface area contributed by atoms with Crippen LogP contribution in [0.2, 0.25) is 0 Å². The van der Waals surface area contributed by atoms with Gasteiger partial charge in [-0.3, -0.25) is 4.79 Å². The van der Waals surface area contributed by atoms with E-state index in [1.165, 1.54) is 5.56 Å². The second-order valence-corrected chi connectivity index (χ2v) is 11.1. The molecule has 0 saturated carbocycles. The molecule has 1 aliphatic rings. The van der Waals surface area contributed by atoms with Gasteiger partial charge in [0.1, 0.15) is 5.60 Å². The summed E-state index contributed by atoms with van der Waals surface area (Å²) in [5.74, 6) is 0.207. The number of hydrogen-bond acceptors (Lipinski definition) is 2. The summed E-state index contributed by atoms with van der Waals surface area (Å²) in [5.41, 5.74) is 3.24. The lowest BCUT2D eigenvalue weighted by Gasteiger charge is -2.38. The van der Waals surface area contributed by atoms with Gasteiger partial charge in [0.15, 0.2) is 0 Å². The highest BCUT2D eigenvalue weighted by atomic mass is 16.5. The predicted octanol–water partition coefficient (Wildman–Crippen LogP) is 7.81. The molecule has 204 valence electrons. The maximum Gasteiger partial charge on any atom is 0.229 e. The van der Waals surface area contributed by atoms with Crippen LogP contribution in [-0.4, -0.2) is 30.0 Å². The average Bonchev–Trinajstić information content (AvgIpc) is 3.24. The number of aryl methyl sites for hydroxylation is 1. The molecule has 3 nitrogen and oxygen atoms in total.